The van der Waals surface area contributed by atoms with Crippen LogP contribution in [-0.2, 0) is 9.53 Å². The average Bonchev–Trinajstić information content (AvgIpc) is 2.63. The van der Waals surface area contributed by atoms with E-state index in [1.165, 1.54) is 39.3 Å². The largest absolute Gasteiger partial charge is 0.493 e. The van der Waals surface area contributed by atoms with Gasteiger partial charge in [0, 0.05) is 6.07 Å². The monoisotopic (exact) mass is 365 g/mol. The van der Waals surface area contributed by atoms with Crippen molar-refractivity contribution in [2.45, 2.75) is 13.0 Å². The van der Waals surface area contributed by atoms with Crippen LogP contribution in [0.3, 0.4) is 0 Å². The minimum Gasteiger partial charge on any atom is -0.493 e. The molecule has 0 aromatic heterocycles. The zero-order valence-corrected chi connectivity index (χ0v) is 14.3. The van der Waals surface area contributed by atoms with Gasteiger partial charge in [-0.25, -0.2) is 13.6 Å². The number of hydrogen-bond acceptors (Lipinski definition) is 5. The second kappa shape index (κ2) is 8.28. The summed E-state index contributed by atoms with van der Waals surface area (Å²) in [7, 11) is 2.63. The molecule has 0 fully saturated rings. The lowest BCUT2D eigenvalue weighted by molar-refractivity contribution is -0.122. The summed E-state index contributed by atoms with van der Waals surface area (Å²) < 4.78 is 41.8. The van der Waals surface area contributed by atoms with Crippen LogP contribution < -0.4 is 14.8 Å². The van der Waals surface area contributed by atoms with Crippen molar-refractivity contribution in [3.05, 3.63) is 53.6 Å². The maximum atomic E-state index is 13.6. The van der Waals surface area contributed by atoms with Crippen molar-refractivity contribution in [1.82, 2.24) is 0 Å². The van der Waals surface area contributed by atoms with Crippen LogP contribution in [0.2, 0.25) is 0 Å². The summed E-state index contributed by atoms with van der Waals surface area (Å²) in [5.41, 5.74) is 0.0852. The number of benzene rings is 2. The van der Waals surface area contributed by atoms with E-state index in [2.05, 4.69) is 10.1 Å². The molecule has 138 valence electrons. The Bertz CT molecular complexity index is 825. The standard InChI is InChI=1S/C18H17F2NO5/c1-10(17(22)21-14-6-5-12(19)9-13(14)20)26-15-7-4-11(18(23)25-3)8-16(15)24-2/h4-10H,1-3H3,(H,21,22). The Morgan fingerprint density at radius 1 is 1.04 bits per heavy atom. The van der Waals surface area contributed by atoms with Crippen molar-refractivity contribution in [1.29, 1.82) is 0 Å². The molecule has 0 radical (unpaired) electrons. The number of nitrogens with one attached hydrogen (secondary N) is 1. The van der Waals surface area contributed by atoms with Crippen molar-refractivity contribution in [3.63, 3.8) is 0 Å². The molecule has 1 unspecified atom stereocenters. The van der Waals surface area contributed by atoms with Gasteiger partial charge < -0.3 is 19.5 Å². The fraction of sp³-hybridized carbons (Fsp3) is 0.222. The Labute approximate surface area is 148 Å². The van der Waals surface area contributed by atoms with Crippen molar-refractivity contribution in [3.8, 4) is 11.5 Å². The number of rotatable bonds is 6. The lowest BCUT2D eigenvalue weighted by Gasteiger charge is -2.17. The first-order chi connectivity index (χ1) is 12.3. The Kier molecular flexibility index (Phi) is 6.11. The molecule has 26 heavy (non-hydrogen) atoms. The highest BCUT2D eigenvalue weighted by atomic mass is 19.1. The van der Waals surface area contributed by atoms with Crippen molar-refractivity contribution in [2.24, 2.45) is 0 Å². The van der Waals surface area contributed by atoms with Crippen LogP contribution in [0.25, 0.3) is 0 Å². The van der Waals surface area contributed by atoms with Crippen LogP contribution in [0, 0.1) is 11.6 Å². The van der Waals surface area contributed by atoms with Crippen LogP contribution in [0.4, 0.5) is 14.5 Å². The molecule has 0 spiro atoms. The summed E-state index contributed by atoms with van der Waals surface area (Å²) in [6.07, 6.45) is -1.02. The third-order valence-corrected chi connectivity index (χ3v) is 3.45. The summed E-state index contributed by atoms with van der Waals surface area (Å²) in [6, 6.07) is 7.11. The highest BCUT2D eigenvalue weighted by Gasteiger charge is 2.19. The summed E-state index contributed by atoms with van der Waals surface area (Å²) in [5.74, 6) is -2.41. The second-order valence-corrected chi connectivity index (χ2v) is 5.23. The number of anilines is 1. The molecular formula is C18H17F2NO5. The number of methoxy groups -OCH3 is 2. The van der Waals surface area contributed by atoms with Crippen molar-refractivity contribution >= 4 is 17.6 Å². The molecule has 1 atom stereocenters. The summed E-state index contributed by atoms with van der Waals surface area (Å²) >= 11 is 0. The Hall–Kier alpha value is -3.16. The van der Waals surface area contributed by atoms with Gasteiger partial charge in [-0.1, -0.05) is 0 Å². The molecule has 2 aromatic carbocycles. The molecular weight excluding hydrogens is 348 g/mol. The number of amides is 1. The van der Waals surface area contributed by atoms with Crippen molar-refractivity contribution < 1.29 is 32.6 Å². The molecule has 6 nitrogen and oxygen atoms in total. The molecule has 0 heterocycles. The minimum atomic E-state index is -1.02. The fourth-order valence-electron chi connectivity index (χ4n) is 2.08. The van der Waals surface area contributed by atoms with Gasteiger partial charge in [0.15, 0.2) is 17.6 Å². The van der Waals surface area contributed by atoms with E-state index in [0.29, 0.717) is 6.07 Å². The number of hydrogen-bond donors (Lipinski definition) is 1. The van der Waals surface area contributed by atoms with E-state index in [4.69, 9.17) is 9.47 Å². The molecule has 0 saturated carbocycles. The zero-order chi connectivity index (χ0) is 19.3. The first-order valence-electron chi connectivity index (χ1n) is 7.54. The van der Waals surface area contributed by atoms with Crippen LogP contribution in [0.5, 0.6) is 11.5 Å². The van der Waals surface area contributed by atoms with Crippen LogP contribution in [0.15, 0.2) is 36.4 Å². The third-order valence-electron chi connectivity index (χ3n) is 3.45. The molecule has 2 aromatic rings. The van der Waals surface area contributed by atoms with Gasteiger partial charge in [0.05, 0.1) is 25.5 Å². The van der Waals surface area contributed by atoms with Gasteiger partial charge in [0.25, 0.3) is 5.91 Å². The number of esters is 1. The third kappa shape index (κ3) is 4.47. The van der Waals surface area contributed by atoms with E-state index in [-0.39, 0.29) is 22.7 Å². The van der Waals surface area contributed by atoms with Gasteiger partial charge in [-0.15, -0.1) is 0 Å². The van der Waals surface area contributed by atoms with E-state index >= 15 is 0 Å². The minimum absolute atomic E-state index is 0.167. The van der Waals surface area contributed by atoms with Crippen molar-refractivity contribution in [2.75, 3.05) is 19.5 Å². The number of carbonyl (C=O) groups excluding carboxylic acids is 2. The maximum absolute atomic E-state index is 13.6. The Morgan fingerprint density at radius 3 is 2.38 bits per heavy atom. The van der Waals surface area contributed by atoms with Gasteiger partial charge in [0.1, 0.15) is 11.6 Å². The molecule has 1 N–H and O–H groups in total. The molecule has 0 aliphatic carbocycles. The zero-order valence-electron chi connectivity index (χ0n) is 14.3. The molecule has 0 aliphatic heterocycles. The highest BCUT2D eigenvalue weighted by molar-refractivity contribution is 5.94. The average molecular weight is 365 g/mol. The van der Waals surface area contributed by atoms with Gasteiger partial charge in [-0.05, 0) is 37.3 Å². The molecule has 0 saturated heterocycles. The maximum Gasteiger partial charge on any atom is 0.337 e. The van der Waals surface area contributed by atoms with E-state index in [0.717, 1.165) is 12.1 Å². The predicted molar refractivity (Wildman–Crippen MR) is 89.4 cm³/mol. The predicted octanol–water partition coefficient (Wildman–Crippen LogP) is 3.17. The van der Waals surface area contributed by atoms with Gasteiger partial charge in [-0.3, -0.25) is 4.79 Å². The van der Waals surface area contributed by atoms with E-state index in [1.807, 2.05) is 0 Å². The molecule has 0 aliphatic rings. The van der Waals surface area contributed by atoms with E-state index in [1.54, 1.807) is 0 Å². The molecule has 0 bridgehead atoms. The summed E-state index contributed by atoms with van der Waals surface area (Å²) in [5, 5.41) is 2.31. The molecule has 2 rings (SSSR count). The molecule has 8 heteroatoms. The lowest BCUT2D eigenvalue weighted by atomic mass is 10.2. The Morgan fingerprint density at radius 2 is 1.77 bits per heavy atom. The summed E-state index contributed by atoms with van der Waals surface area (Å²) in [6.45, 7) is 1.45. The van der Waals surface area contributed by atoms with Crippen LogP contribution in [-0.4, -0.2) is 32.2 Å². The van der Waals surface area contributed by atoms with Gasteiger partial charge >= 0.3 is 5.97 Å². The SMILES string of the molecule is COC(=O)c1ccc(OC(C)C(=O)Nc2ccc(F)cc2F)c(OC)c1. The topological polar surface area (TPSA) is 73.9 Å². The first kappa shape index (κ1) is 19.2. The second-order valence-electron chi connectivity index (χ2n) is 5.23. The smallest absolute Gasteiger partial charge is 0.337 e. The normalized spacial score (nSPS) is 11.4. The lowest BCUT2D eigenvalue weighted by Crippen LogP contribution is -2.30. The number of halogens is 2. The van der Waals surface area contributed by atoms with Gasteiger partial charge in [0.2, 0.25) is 0 Å². The van der Waals surface area contributed by atoms with Crippen LogP contribution in [0.1, 0.15) is 17.3 Å². The van der Waals surface area contributed by atoms with Crippen LogP contribution >= 0.6 is 0 Å². The Balaban J connectivity index is 2.11. The fourth-order valence-corrected chi connectivity index (χ4v) is 2.08. The highest BCUT2D eigenvalue weighted by Crippen LogP contribution is 2.29. The number of ether oxygens (including phenoxy) is 3. The molecule has 1 amide bonds. The first-order valence-corrected chi connectivity index (χ1v) is 7.54. The summed E-state index contributed by atoms with van der Waals surface area (Å²) in [4.78, 5) is 23.7. The number of carbonyl (C=O) groups is 2. The van der Waals surface area contributed by atoms with E-state index < -0.39 is 29.6 Å². The van der Waals surface area contributed by atoms with E-state index in [9.17, 15) is 18.4 Å². The van der Waals surface area contributed by atoms with Gasteiger partial charge in [-0.2, -0.15) is 0 Å². The quantitative estimate of drug-likeness (QED) is 0.796.